The third-order valence-electron chi connectivity index (χ3n) is 2.43. The largest absolute Gasteiger partial charge is 0.480 e. The van der Waals surface area contributed by atoms with Crippen molar-refractivity contribution >= 4 is 23.6 Å². The van der Waals surface area contributed by atoms with Crippen molar-refractivity contribution in [2.45, 2.75) is 24.9 Å². The lowest BCUT2D eigenvalue weighted by atomic mass is 10.1. The van der Waals surface area contributed by atoms with Gasteiger partial charge in [-0.2, -0.15) is 0 Å². The maximum Gasteiger partial charge on any atom is 0.321 e. The molecule has 0 aromatic heterocycles. The molecule has 1 aliphatic heterocycles. The van der Waals surface area contributed by atoms with Gasteiger partial charge in [0.15, 0.2) is 0 Å². The van der Waals surface area contributed by atoms with E-state index < -0.39 is 12.0 Å². The lowest BCUT2D eigenvalue weighted by Crippen LogP contribution is -2.40. The number of hydrogen-bond donors (Lipinski definition) is 3. The number of carboxylic acids is 1. The summed E-state index contributed by atoms with van der Waals surface area (Å²) in [5.74, 6) is -0.615. The van der Waals surface area contributed by atoms with Crippen molar-refractivity contribution in [3.05, 3.63) is 0 Å². The molecule has 1 aliphatic rings. The van der Waals surface area contributed by atoms with Crippen molar-refractivity contribution in [2.24, 2.45) is 5.73 Å². The molecule has 1 saturated heterocycles. The van der Waals surface area contributed by atoms with Crippen LogP contribution in [0.2, 0.25) is 0 Å². The topological polar surface area (TPSA) is 102 Å². The van der Waals surface area contributed by atoms with Gasteiger partial charge < -0.3 is 20.9 Å². The number of carboxylic acid groups (broad SMARTS) is 1. The van der Waals surface area contributed by atoms with Crippen molar-refractivity contribution in [3.63, 3.8) is 0 Å². The number of amides is 1. The summed E-state index contributed by atoms with van der Waals surface area (Å²) in [6.45, 7) is 1.37. The Balaban J connectivity index is 2.10. The second-order valence-corrected chi connectivity index (χ2v) is 4.94. The first kappa shape index (κ1) is 14.3. The maximum atomic E-state index is 11.5. The molecular weight excluding hydrogens is 244 g/mol. The molecule has 7 heteroatoms. The minimum absolute atomic E-state index is 0.0699. The summed E-state index contributed by atoms with van der Waals surface area (Å²) in [5, 5.41) is 11.4. The molecule has 1 rings (SSSR count). The molecule has 1 fully saturated rings. The summed E-state index contributed by atoms with van der Waals surface area (Å²) in [7, 11) is 0. The highest BCUT2D eigenvalue weighted by Crippen LogP contribution is 2.07. The zero-order valence-electron chi connectivity index (χ0n) is 9.55. The molecule has 17 heavy (non-hydrogen) atoms. The van der Waals surface area contributed by atoms with E-state index in [4.69, 9.17) is 15.6 Å². The van der Waals surface area contributed by atoms with Crippen LogP contribution in [0, 0.1) is 0 Å². The molecule has 0 saturated carbocycles. The number of aliphatic carboxylic acids is 1. The van der Waals surface area contributed by atoms with Gasteiger partial charge in [0.2, 0.25) is 5.91 Å². The number of nitrogens with one attached hydrogen (secondary N) is 1. The van der Waals surface area contributed by atoms with Gasteiger partial charge in [-0.15, -0.1) is 11.8 Å². The molecule has 0 aromatic rings. The first-order valence-electron chi connectivity index (χ1n) is 5.53. The van der Waals surface area contributed by atoms with Gasteiger partial charge in [0.25, 0.3) is 0 Å². The van der Waals surface area contributed by atoms with Crippen LogP contribution in [0.5, 0.6) is 0 Å². The molecule has 1 heterocycles. The Morgan fingerprint density at radius 2 is 2.12 bits per heavy atom. The predicted octanol–water partition coefficient (Wildman–Crippen LogP) is -0.573. The second kappa shape index (κ2) is 7.52. The number of hydrogen-bond acceptors (Lipinski definition) is 5. The summed E-state index contributed by atoms with van der Waals surface area (Å²) in [6.07, 6.45) is 1.68. The van der Waals surface area contributed by atoms with Gasteiger partial charge in [-0.1, -0.05) is 0 Å². The normalized spacial score (nSPS) is 18.6. The van der Waals surface area contributed by atoms with E-state index in [-0.39, 0.29) is 23.5 Å². The highest BCUT2D eigenvalue weighted by Gasteiger charge is 2.17. The predicted molar refractivity (Wildman–Crippen MR) is 64.9 cm³/mol. The Labute approximate surface area is 104 Å². The molecule has 0 spiro atoms. The zero-order valence-corrected chi connectivity index (χ0v) is 10.4. The zero-order chi connectivity index (χ0) is 12.7. The van der Waals surface area contributed by atoms with Crippen LogP contribution in [0.4, 0.5) is 0 Å². The number of carbonyl (C=O) groups excluding carboxylic acids is 1. The lowest BCUT2D eigenvalue weighted by molar-refractivity contribution is -0.138. The number of thioether (sulfide) groups is 1. The Morgan fingerprint density at radius 1 is 1.47 bits per heavy atom. The molecular formula is C10H18N2O4S. The monoisotopic (exact) mass is 262 g/mol. The summed E-state index contributed by atoms with van der Waals surface area (Å²) in [5.41, 5.74) is 5.32. The number of carbonyl (C=O) groups is 2. The quantitative estimate of drug-likeness (QED) is 0.592. The molecule has 6 nitrogen and oxygen atoms in total. The molecule has 1 atom stereocenters. The molecule has 0 unspecified atom stereocenters. The van der Waals surface area contributed by atoms with Gasteiger partial charge in [-0.05, 0) is 12.8 Å². The fourth-order valence-electron chi connectivity index (χ4n) is 1.46. The lowest BCUT2D eigenvalue weighted by Gasteiger charge is -2.23. The van der Waals surface area contributed by atoms with E-state index in [1.165, 1.54) is 11.8 Å². The fourth-order valence-corrected chi connectivity index (χ4v) is 2.24. The maximum absolute atomic E-state index is 11.5. The first-order valence-corrected chi connectivity index (χ1v) is 6.68. The molecule has 4 N–H and O–H groups in total. The number of ether oxygens (including phenoxy) is 1. The molecule has 0 bridgehead atoms. The van der Waals surface area contributed by atoms with Crippen molar-refractivity contribution in [1.29, 1.82) is 0 Å². The average molecular weight is 262 g/mol. The van der Waals surface area contributed by atoms with E-state index in [0.29, 0.717) is 13.2 Å². The van der Waals surface area contributed by atoms with Crippen LogP contribution >= 0.6 is 11.8 Å². The van der Waals surface area contributed by atoms with E-state index in [9.17, 15) is 9.59 Å². The van der Waals surface area contributed by atoms with Gasteiger partial charge in [0.1, 0.15) is 6.04 Å². The highest BCUT2D eigenvalue weighted by molar-refractivity contribution is 8.00. The van der Waals surface area contributed by atoms with E-state index in [1.54, 1.807) is 0 Å². The SMILES string of the molecule is N[C@@H](CSCC(=O)NC1CCOCC1)C(=O)O. The van der Waals surface area contributed by atoms with Gasteiger partial charge in [0, 0.05) is 25.0 Å². The summed E-state index contributed by atoms with van der Waals surface area (Å²) in [6, 6.07) is -0.721. The third-order valence-corrected chi connectivity index (χ3v) is 3.50. The van der Waals surface area contributed by atoms with Crippen molar-refractivity contribution in [1.82, 2.24) is 5.32 Å². The minimum Gasteiger partial charge on any atom is -0.480 e. The van der Waals surface area contributed by atoms with Gasteiger partial charge >= 0.3 is 5.97 Å². The van der Waals surface area contributed by atoms with E-state index >= 15 is 0 Å². The molecule has 0 aromatic carbocycles. The molecule has 1 amide bonds. The summed E-state index contributed by atoms with van der Waals surface area (Å²) >= 11 is 1.24. The van der Waals surface area contributed by atoms with Crippen molar-refractivity contribution in [2.75, 3.05) is 24.7 Å². The van der Waals surface area contributed by atoms with Crippen molar-refractivity contribution < 1.29 is 19.4 Å². The first-order chi connectivity index (χ1) is 8.09. The third kappa shape index (κ3) is 5.90. The minimum atomic E-state index is -1.04. The number of rotatable bonds is 6. The standard InChI is InChI=1S/C10H18N2O4S/c11-8(10(14)15)5-17-6-9(13)12-7-1-3-16-4-2-7/h7-8H,1-6,11H2,(H,12,13)(H,14,15)/t8-/m0/s1. The van der Waals surface area contributed by atoms with Crippen molar-refractivity contribution in [3.8, 4) is 0 Å². The van der Waals surface area contributed by atoms with E-state index in [0.717, 1.165) is 12.8 Å². The molecule has 0 aliphatic carbocycles. The Bertz CT molecular complexity index is 269. The Morgan fingerprint density at radius 3 is 2.71 bits per heavy atom. The second-order valence-electron chi connectivity index (χ2n) is 3.91. The molecule has 0 radical (unpaired) electrons. The van der Waals surface area contributed by atoms with Crippen LogP contribution in [0.3, 0.4) is 0 Å². The average Bonchev–Trinajstić information content (AvgIpc) is 2.30. The molecule has 98 valence electrons. The smallest absolute Gasteiger partial charge is 0.321 e. The van der Waals surface area contributed by atoms with Gasteiger partial charge in [0.05, 0.1) is 5.75 Å². The van der Waals surface area contributed by atoms with Crippen LogP contribution in [0.15, 0.2) is 0 Å². The van der Waals surface area contributed by atoms with Crippen LogP contribution in [-0.4, -0.2) is 53.8 Å². The van der Waals surface area contributed by atoms with Crippen LogP contribution in [-0.2, 0) is 14.3 Å². The van der Waals surface area contributed by atoms with Gasteiger partial charge in [-0.25, -0.2) is 0 Å². The van der Waals surface area contributed by atoms with Crippen LogP contribution < -0.4 is 11.1 Å². The Kier molecular flexibility index (Phi) is 6.31. The van der Waals surface area contributed by atoms with E-state index in [1.807, 2.05) is 0 Å². The number of nitrogens with two attached hydrogens (primary N) is 1. The van der Waals surface area contributed by atoms with Crippen LogP contribution in [0.25, 0.3) is 0 Å². The highest BCUT2D eigenvalue weighted by atomic mass is 32.2. The summed E-state index contributed by atoms with van der Waals surface area (Å²) in [4.78, 5) is 21.9. The fraction of sp³-hybridized carbons (Fsp3) is 0.800. The van der Waals surface area contributed by atoms with Gasteiger partial charge in [-0.3, -0.25) is 9.59 Å². The Hall–Kier alpha value is -0.790. The summed E-state index contributed by atoms with van der Waals surface area (Å²) < 4.78 is 5.18. The van der Waals surface area contributed by atoms with Crippen LogP contribution in [0.1, 0.15) is 12.8 Å². The van der Waals surface area contributed by atoms with E-state index in [2.05, 4.69) is 5.32 Å².